The summed E-state index contributed by atoms with van der Waals surface area (Å²) in [7, 11) is 0. The SMILES string of the molecule is CCC(C)(C)Oc1ccc2cc(C(=O)O)ccc2c1.CCC(C)c1ccc2cc(C(=O)O)ccc2c1.CCC(C)c1ccc2cc(C(=O)O)ccc2c1.CCC(C)c1ccc2cc(C34OCC(C)(CO3)CO4)ccc2c1.CCC(C)c1ccc2cc(C34OCC(CC)(CO3)CO4)ccc2c1.CCC12COC(c3ccc4cc(OC(C)(C)CC)ccc4c3)(OC1)OC2. The molecule has 0 amide bonds. The molecule has 0 aliphatic carbocycles. The number of hydrogen-bond donors (Lipinski definition) is 3. The van der Waals surface area contributed by atoms with Crippen LogP contribution in [0.15, 0.2) is 218 Å². The van der Waals surface area contributed by atoms with Crippen molar-refractivity contribution in [1.29, 1.82) is 0 Å². The highest BCUT2D eigenvalue weighted by atomic mass is 16.9. The van der Waals surface area contributed by atoms with Gasteiger partial charge in [0.05, 0.1) is 76.2 Å². The van der Waals surface area contributed by atoms with E-state index in [4.69, 9.17) is 67.4 Å². The molecule has 6 bridgehead atoms. The van der Waals surface area contributed by atoms with Gasteiger partial charge in [0.15, 0.2) is 0 Å². The minimum atomic E-state index is -1.05. The molecule has 9 aliphatic heterocycles. The molecule has 17 heteroatoms. The summed E-state index contributed by atoms with van der Waals surface area (Å²) < 4.78 is 66.0. The lowest BCUT2D eigenvalue weighted by atomic mass is 9.85. The van der Waals surface area contributed by atoms with Crippen LogP contribution in [-0.2, 0) is 60.6 Å². The van der Waals surface area contributed by atoms with Crippen LogP contribution in [0.3, 0.4) is 0 Å². The summed E-state index contributed by atoms with van der Waals surface area (Å²) in [6.07, 6.45) is 8.41. The molecular weight excluding hydrogens is 1580 g/mol. The summed E-state index contributed by atoms with van der Waals surface area (Å²) in [5.74, 6) is -1.79. The van der Waals surface area contributed by atoms with Gasteiger partial charge in [0.1, 0.15) is 22.7 Å². The molecule has 9 fully saturated rings. The van der Waals surface area contributed by atoms with Gasteiger partial charge < -0.3 is 67.4 Å². The van der Waals surface area contributed by atoms with Gasteiger partial charge in [0, 0.05) is 32.9 Å². The molecule has 126 heavy (non-hydrogen) atoms. The Labute approximate surface area is 743 Å². The van der Waals surface area contributed by atoms with Crippen LogP contribution in [0, 0.1) is 16.2 Å². The van der Waals surface area contributed by atoms with Crippen LogP contribution in [0.25, 0.3) is 64.6 Å². The molecule has 0 aromatic heterocycles. The molecule has 0 radical (unpaired) electrons. The van der Waals surface area contributed by atoms with E-state index in [1.807, 2.05) is 74.5 Å². The zero-order valence-electron chi connectivity index (χ0n) is 76.7. The summed E-state index contributed by atoms with van der Waals surface area (Å²) in [6, 6.07) is 72.3. The molecule has 21 rings (SSSR count). The van der Waals surface area contributed by atoms with Crippen LogP contribution < -0.4 is 9.47 Å². The summed E-state index contributed by atoms with van der Waals surface area (Å²) in [5.41, 5.74) is 8.86. The largest absolute Gasteiger partial charge is 0.488 e. The number of carboxylic acid groups (broad SMARTS) is 3. The highest BCUT2D eigenvalue weighted by molar-refractivity contribution is 5.97. The molecule has 4 unspecified atom stereocenters. The quantitative estimate of drug-likeness (QED) is 0.0575. The van der Waals surface area contributed by atoms with Crippen LogP contribution >= 0.6 is 0 Å². The summed E-state index contributed by atoms with van der Waals surface area (Å²) in [5, 5.41) is 40.0. The highest BCUT2D eigenvalue weighted by Gasteiger charge is 2.55. The van der Waals surface area contributed by atoms with E-state index in [0.29, 0.717) is 99.8 Å². The number of hydrogen-bond acceptors (Lipinski definition) is 14. The Balaban J connectivity index is 0.000000131. The molecule has 17 nitrogen and oxygen atoms in total. The Morgan fingerprint density at radius 3 is 0.754 bits per heavy atom. The van der Waals surface area contributed by atoms with Crippen LogP contribution in [0.4, 0.5) is 0 Å². The first-order chi connectivity index (χ1) is 60.2. The predicted octanol–water partition coefficient (Wildman–Crippen LogP) is 26.7. The fraction of sp³-hybridized carbons (Fsp3) is 0.422. The van der Waals surface area contributed by atoms with E-state index in [1.54, 1.807) is 36.4 Å². The van der Waals surface area contributed by atoms with E-state index < -0.39 is 35.8 Å². The zero-order valence-corrected chi connectivity index (χ0v) is 76.7. The topological polar surface area (TPSA) is 213 Å². The normalized spacial score (nSPS) is 22.6. The Kier molecular flexibility index (Phi) is 29.1. The Bertz CT molecular complexity index is 5690. The molecular formula is C109H128O17. The van der Waals surface area contributed by atoms with Gasteiger partial charge in [-0.1, -0.05) is 230 Å². The van der Waals surface area contributed by atoms with Gasteiger partial charge in [0.2, 0.25) is 0 Å². The molecule has 9 saturated heterocycles. The van der Waals surface area contributed by atoms with Crippen molar-refractivity contribution in [2.75, 3.05) is 59.5 Å². The highest BCUT2D eigenvalue weighted by Crippen LogP contribution is 2.50. The van der Waals surface area contributed by atoms with Gasteiger partial charge in [-0.2, -0.15) is 0 Å². The van der Waals surface area contributed by atoms with Gasteiger partial charge in [-0.25, -0.2) is 14.4 Å². The number of benzene rings is 12. The average molecular weight is 1710 g/mol. The summed E-state index contributed by atoms with van der Waals surface area (Å²) in [4.78, 5) is 32.6. The third-order valence-corrected chi connectivity index (χ3v) is 26.8. The first kappa shape index (κ1) is 93.5. The fourth-order valence-electron chi connectivity index (χ4n) is 16.0. The molecule has 12 aromatic rings. The van der Waals surface area contributed by atoms with Gasteiger partial charge in [-0.3, -0.25) is 0 Å². The van der Waals surface area contributed by atoms with Gasteiger partial charge >= 0.3 is 35.8 Å². The van der Waals surface area contributed by atoms with Crippen LogP contribution in [-0.4, -0.2) is 104 Å². The average Bonchev–Trinajstić information content (AvgIpc) is 0.752. The lowest BCUT2D eigenvalue weighted by molar-refractivity contribution is -0.480. The Morgan fingerprint density at radius 2 is 0.516 bits per heavy atom. The third kappa shape index (κ3) is 21.3. The zero-order chi connectivity index (χ0) is 90.2. The van der Waals surface area contributed by atoms with Crippen molar-refractivity contribution in [3.63, 3.8) is 0 Å². The van der Waals surface area contributed by atoms with Gasteiger partial charge in [-0.05, 0) is 268 Å². The lowest BCUT2D eigenvalue weighted by Gasteiger charge is -2.51. The van der Waals surface area contributed by atoms with E-state index >= 15 is 0 Å². The molecule has 666 valence electrons. The van der Waals surface area contributed by atoms with Gasteiger partial charge in [-0.15, -0.1) is 0 Å². The Morgan fingerprint density at radius 1 is 0.302 bits per heavy atom. The van der Waals surface area contributed by atoms with E-state index in [9.17, 15) is 14.4 Å². The maximum Gasteiger partial charge on any atom is 0.335 e. The van der Waals surface area contributed by atoms with Crippen molar-refractivity contribution in [3.05, 3.63) is 274 Å². The van der Waals surface area contributed by atoms with Crippen LogP contribution in [0.1, 0.15) is 263 Å². The second kappa shape index (κ2) is 39.2. The standard InChI is InChI=1S/C22H28O4.C21H26O3.C20H24O3.C16H18O3.2C15H16O2/c1-5-20(3,4)26-19-10-8-16-11-18(9-7-17(16)12-19)22-23-13-21(6-2,14-24-22)15-25-22;1-4-15(3)16-6-7-18-11-19(9-8-17(18)10-16)21-22-12-20(5-2,13-23-21)14-24-21;1-4-14(2)15-5-6-17-10-18(8-7-16(17)9-15)20-21-11-19(3,12-22-20)13-23-20;1-4-16(2,3)19-14-8-7-11-9-13(15(17)18)6-5-12(11)10-14;2*1-3-10(2)11-4-5-13-9-14(15(16)17)7-6-12(13)8-11/h7-12H,5-6,13-15H2,1-4H3;6-11,15H,4-5,12-14H2,1-3H3;5-10,14H,4,11-13H2,1-3H3;5-10H,4H2,1-3H3,(H,17,18);2*4-10H,3H2,1-2H3,(H,16,17). The van der Waals surface area contributed by atoms with E-state index in [2.05, 4.69) is 225 Å². The fourth-order valence-corrected chi connectivity index (χ4v) is 16.0. The monoisotopic (exact) mass is 1710 g/mol. The molecule has 12 aromatic carbocycles. The molecule has 9 aliphatic rings. The van der Waals surface area contributed by atoms with Crippen molar-refractivity contribution >= 4 is 82.5 Å². The number of ether oxygens (including phenoxy) is 11. The number of fused-ring (bicyclic) bond motifs is 15. The second-order valence-corrected chi connectivity index (χ2v) is 37.1. The molecule has 9 heterocycles. The summed E-state index contributed by atoms with van der Waals surface area (Å²) >= 11 is 0. The number of rotatable bonds is 22. The third-order valence-electron chi connectivity index (χ3n) is 26.8. The minimum absolute atomic E-state index is 0.0101. The minimum Gasteiger partial charge on any atom is -0.488 e. The molecule has 0 saturated carbocycles. The van der Waals surface area contributed by atoms with Crippen LogP contribution in [0.5, 0.6) is 11.5 Å². The van der Waals surface area contributed by atoms with Crippen molar-refractivity contribution in [3.8, 4) is 11.5 Å². The first-order valence-electron chi connectivity index (χ1n) is 45.2. The number of carboxylic acids is 3. The first-order valence-corrected chi connectivity index (χ1v) is 45.2. The predicted molar refractivity (Wildman–Crippen MR) is 502 cm³/mol. The van der Waals surface area contributed by atoms with Crippen LogP contribution in [0.2, 0.25) is 0 Å². The van der Waals surface area contributed by atoms with Crippen molar-refractivity contribution in [2.45, 2.75) is 222 Å². The summed E-state index contributed by atoms with van der Waals surface area (Å²) in [6.45, 7) is 42.9. The second-order valence-electron chi connectivity index (χ2n) is 37.1. The number of carbonyl (C=O) groups is 3. The lowest BCUT2D eigenvalue weighted by Crippen LogP contribution is -2.58. The molecule has 3 N–H and O–H groups in total. The van der Waals surface area contributed by atoms with Crippen molar-refractivity contribution in [2.24, 2.45) is 16.2 Å². The Hall–Kier alpha value is -10.2. The van der Waals surface area contributed by atoms with Gasteiger partial charge in [0.25, 0.3) is 0 Å². The molecule has 4 atom stereocenters. The number of aromatic carboxylic acids is 3. The van der Waals surface area contributed by atoms with E-state index in [-0.39, 0.29) is 27.4 Å². The van der Waals surface area contributed by atoms with E-state index in [0.717, 1.165) is 123 Å². The maximum absolute atomic E-state index is 10.9. The van der Waals surface area contributed by atoms with Crippen molar-refractivity contribution < 1.29 is 81.8 Å². The molecule has 0 spiro atoms. The van der Waals surface area contributed by atoms with E-state index in [1.165, 1.54) is 43.8 Å². The van der Waals surface area contributed by atoms with Crippen molar-refractivity contribution in [1.82, 2.24) is 0 Å². The smallest absolute Gasteiger partial charge is 0.335 e. The maximum atomic E-state index is 10.9.